The number of ketones is 1. The third-order valence-electron chi connectivity index (χ3n) is 1.83. The lowest BCUT2D eigenvalue weighted by Crippen LogP contribution is -2.12. The van der Waals surface area contributed by atoms with Crippen LogP contribution in [0.1, 0.15) is 16.2 Å². The maximum atomic E-state index is 11.6. The number of Topliss-reactive ketones (excluding diaryl/α,β-unsaturated/α-hetero) is 1. The number of carbonyl (C=O) groups excluding carboxylic acids is 1. The molecule has 7 nitrogen and oxygen atoms in total. The molecule has 15 heavy (non-hydrogen) atoms. The van der Waals surface area contributed by atoms with Gasteiger partial charge in [0.2, 0.25) is 11.6 Å². The molecule has 0 atom stereocenters. The van der Waals surface area contributed by atoms with E-state index >= 15 is 0 Å². The second-order valence-electron chi connectivity index (χ2n) is 3.24. The number of tetrazole rings is 1. The maximum Gasteiger partial charge on any atom is 0.242 e. The first-order valence-corrected chi connectivity index (χ1v) is 4.41. The molecule has 0 amide bonds. The van der Waals surface area contributed by atoms with Crippen molar-refractivity contribution >= 4 is 5.78 Å². The van der Waals surface area contributed by atoms with Crippen LogP contribution in [0.2, 0.25) is 0 Å². The van der Waals surface area contributed by atoms with Crippen LogP contribution in [-0.4, -0.2) is 35.8 Å². The van der Waals surface area contributed by atoms with E-state index in [1.165, 1.54) is 4.80 Å². The van der Waals surface area contributed by atoms with Crippen molar-refractivity contribution in [3.05, 3.63) is 23.8 Å². The molecule has 0 aliphatic carbocycles. The van der Waals surface area contributed by atoms with Crippen molar-refractivity contribution < 1.29 is 4.79 Å². The largest absolute Gasteiger partial charge is 0.288 e. The van der Waals surface area contributed by atoms with Crippen molar-refractivity contribution in [2.24, 2.45) is 7.05 Å². The summed E-state index contributed by atoms with van der Waals surface area (Å²) in [5, 5.41) is 15.0. The molecule has 0 aliphatic rings. The van der Waals surface area contributed by atoms with Gasteiger partial charge in [0.15, 0.2) is 0 Å². The van der Waals surface area contributed by atoms with Gasteiger partial charge in [-0.1, -0.05) is 0 Å². The minimum Gasteiger partial charge on any atom is -0.288 e. The van der Waals surface area contributed by atoms with Gasteiger partial charge in [0.25, 0.3) is 0 Å². The zero-order valence-corrected chi connectivity index (χ0v) is 8.45. The van der Waals surface area contributed by atoms with E-state index in [0.29, 0.717) is 0 Å². The Morgan fingerprint density at radius 3 is 2.87 bits per heavy atom. The minimum atomic E-state index is -0.203. The fourth-order valence-electron chi connectivity index (χ4n) is 1.17. The number of nitrogens with zero attached hydrogens (tertiary/aromatic N) is 6. The molecular weight excluding hydrogens is 196 g/mol. The summed E-state index contributed by atoms with van der Waals surface area (Å²) in [4.78, 5) is 12.8. The Morgan fingerprint density at radius 2 is 2.33 bits per heavy atom. The predicted octanol–water partition coefficient (Wildman–Crippen LogP) is -0.402. The summed E-state index contributed by atoms with van der Waals surface area (Å²) in [6, 6.07) is 0. The van der Waals surface area contributed by atoms with Crippen LogP contribution in [-0.2, 0) is 13.6 Å². The van der Waals surface area contributed by atoms with Gasteiger partial charge in [-0.25, -0.2) is 0 Å². The molecule has 7 heteroatoms. The number of hydrogen-bond acceptors (Lipinski definition) is 5. The summed E-state index contributed by atoms with van der Waals surface area (Å²) in [5.41, 5.74) is 1.01. The quantitative estimate of drug-likeness (QED) is 0.638. The minimum absolute atomic E-state index is 0.116. The van der Waals surface area contributed by atoms with Crippen molar-refractivity contribution in [1.82, 2.24) is 30.0 Å². The van der Waals surface area contributed by atoms with Gasteiger partial charge in [-0.15, -0.1) is 10.2 Å². The fourth-order valence-corrected chi connectivity index (χ4v) is 1.17. The normalized spacial score (nSPS) is 10.5. The number of aromatic nitrogens is 6. The number of carbonyl (C=O) groups is 1. The zero-order valence-electron chi connectivity index (χ0n) is 8.45. The molecule has 0 unspecified atom stereocenters. The highest BCUT2D eigenvalue weighted by Gasteiger charge is 2.12. The molecule has 0 saturated carbocycles. The summed E-state index contributed by atoms with van der Waals surface area (Å²) in [7, 11) is 1.61. The van der Waals surface area contributed by atoms with E-state index in [-0.39, 0.29) is 18.2 Å². The van der Waals surface area contributed by atoms with E-state index < -0.39 is 0 Å². The SMILES string of the molecule is Cc1cnn(CC(=O)c2nnn(C)n2)c1. The van der Waals surface area contributed by atoms with Gasteiger partial charge in [0, 0.05) is 6.20 Å². The lowest BCUT2D eigenvalue weighted by molar-refractivity contribution is 0.0957. The van der Waals surface area contributed by atoms with Gasteiger partial charge >= 0.3 is 0 Å². The topological polar surface area (TPSA) is 78.5 Å². The van der Waals surface area contributed by atoms with Crippen molar-refractivity contribution in [2.45, 2.75) is 13.5 Å². The van der Waals surface area contributed by atoms with Crippen LogP contribution in [0.4, 0.5) is 0 Å². The average molecular weight is 206 g/mol. The van der Waals surface area contributed by atoms with Crippen molar-refractivity contribution in [2.75, 3.05) is 0 Å². The smallest absolute Gasteiger partial charge is 0.242 e. The molecule has 78 valence electrons. The van der Waals surface area contributed by atoms with Crippen LogP contribution in [0.3, 0.4) is 0 Å². The van der Waals surface area contributed by atoms with Crippen LogP contribution >= 0.6 is 0 Å². The molecule has 0 aromatic carbocycles. The zero-order chi connectivity index (χ0) is 10.8. The molecule has 2 heterocycles. The Morgan fingerprint density at radius 1 is 1.53 bits per heavy atom. The van der Waals surface area contributed by atoms with Crippen LogP contribution < -0.4 is 0 Å². The highest BCUT2D eigenvalue weighted by molar-refractivity contribution is 5.91. The molecule has 0 saturated heterocycles. The standard InChI is InChI=1S/C8H10N6O/c1-6-3-9-14(4-6)5-7(15)8-10-12-13(2)11-8/h3-4H,5H2,1-2H3. The monoisotopic (exact) mass is 206 g/mol. The molecule has 2 aromatic heterocycles. The first-order chi connectivity index (χ1) is 7.15. The molecule has 0 fully saturated rings. The van der Waals surface area contributed by atoms with Crippen molar-refractivity contribution in [1.29, 1.82) is 0 Å². The first kappa shape index (κ1) is 9.50. The summed E-state index contributed by atoms with van der Waals surface area (Å²) in [6.07, 6.45) is 3.48. The van der Waals surface area contributed by atoms with E-state index in [9.17, 15) is 4.79 Å². The molecule has 0 radical (unpaired) electrons. The van der Waals surface area contributed by atoms with Crippen LogP contribution in [0.5, 0.6) is 0 Å². The van der Waals surface area contributed by atoms with Gasteiger partial charge in [-0.3, -0.25) is 9.48 Å². The highest BCUT2D eigenvalue weighted by atomic mass is 16.1. The molecule has 2 aromatic rings. The Labute approximate surface area is 85.7 Å². The lowest BCUT2D eigenvalue weighted by Gasteiger charge is -1.95. The highest BCUT2D eigenvalue weighted by Crippen LogP contribution is 1.97. The number of rotatable bonds is 3. The van der Waals surface area contributed by atoms with Gasteiger partial charge in [0.1, 0.15) is 6.54 Å². The van der Waals surface area contributed by atoms with Gasteiger partial charge in [0.05, 0.1) is 13.2 Å². The van der Waals surface area contributed by atoms with Gasteiger partial charge in [-0.2, -0.15) is 9.90 Å². The second kappa shape index (κ2) is 3.60. The van der Waals surface area contributed by atoms with Gasteiger partial charge < -0.3 is 0 Å². The van der Waals surface area contributed by atoms with Crippen molar-refractivity contribution in [3.63, 3.8) is 0 Å². The Bertz CT molecular complexity index is 485. The maximum absolute atomic E-state index is 11.6. The molecule has 2 rings (SSSR count). The summed E-state index contributed by atoms with van der Waals surface area (Å²) >= 11 is 0. The molecule has 0 aliphatic heterocycles. The summed E-state index contributed by atoms with van der Waals surface area (Å²) in [6.45, 7) is 2.05. The van der Waals surface area contributed by atoms with Crippen molar-refractivity contribution in [3.8, 4) is 0 Å². The van der Waals surface area contributed by atoms with E-state index in [4.69, 9.17) is 0 Å². The van der Waals surface area contributed by atoms with Crippen LogP contribution in [0.25, 0.3) is 0 Å². The number of aryl methyl sites for hydroxylation is 2. The third kappa shape index (κ3) is 2.06. The lowest BCUT2D eigenvalue weighted by atomic mass is 10.4. The molecule has 0 spiro atoms. The Balaban J connectivity index is 2.10. The van der Waals surface area contributed by atoms with Crippen LogP contribution in [0, 0.1) is 6.92 Å². The summed E-state index contributed by atoms with van der Waals surface area (Å²) in [5.74, 6) is -0.0862. The Kier molecular flexibility index (Phi) is 2.28. The summed E-state index contributed by atoms with van der Waals surface area (Å²) < 4.78 is 1.55. The molecule has 0 bridgehead atoms. The fraction of sp³-hybridized carbons (Fsp3) is 0.375. The Hall–Kier alpha value is -2.05. The van der Waals surface area contributed by atoms with E-state index in [1.54, 1.807) is 24.1 Å². The van der Waals surface area contributed by atoms with E-state index in [1.807, 2.05) is 6.92 Å². The number of hydrogen-bond donors (Lipinski definition) is 0. The van der Waals surface area contributed by atoms with E-state index in [0.717, 1.165) is 5.56 Å². The third-order valence-corrected chi connectivity index (χ3v) is 1.83. The predicted molar refractivity (Wildman–Crippen MR) is 50.1 cm³/mol. The molecule has 0 N–H and O–H groups in total. The average Bonchev–Trinajstić information content (AvgIpc) is 2.75. The van der Waals surface area contributed by atoms with Crippen LogP contribution in [0.15, 0.2) is 12.4 Å². The molecular formula is C8H10N6O. The van der Waals surface area contributed by atoms with E-state index in [2.05, 4.69) is 20.5 Å². The van der Waals surface area contributed by atoms with Gasteiger partial charge in [-0.05, 0) is 17.7 Å². The first-order valence-electron chi connectivity index (χ1n) is 4.41. The second-order valence-corrected chi connectivity index (χ2v) is 3.24.